The first kappa shape index (κ1) is 19.3. The van der Waals surface area contributed by atoms with E-state index in [0.29, 0.717) is 26.2 Å². The second-order valence-corrected chi connectivity index (χ2v) is 7.64. The molecule has 1 fully saturated rings. The number of nitrogens with zero attached hydrogens (tertiary/aromatic N) is 2. The van der Waals surface area contributed by atoms with Gasteiger partial charge in [0, 0.05) is 43.6 Å². The second kappa shape index (κ2) is 8.15. The molecule has 0 spiro atoms. The summed E-state index contributed by atoms with van der Waals surface area (Å²) in [4.78, 5) is 29.6. The van der Waals surface area contributed by atoms with E-state index in [2.05, 4.69) is 10.2 Å². The van der Waals surface area contributed by atoms with Crippen molar-refractivity contribution < 1.29 is 9.59 Å². The van der Waals surface area contributed by atoms with Crippen LogP contribution in [0.2, 0.25) is 0 Å². The van der Waals surface area contributed by atoms with Gasteiger partial charge in [0.1, 0.15) is 7.85 Å². The number of carbonyl (C=O) groups is 2. The molecule has 1 N–H and O–H groups in total. The normalized spacial score (nSPS) is 21.5. The van der Waals surface area contributed by atoms with E-state index in [1.165, 1.54) is 0 Å². The van der Waals surface area contributed by atoms with Gasteiger partial charge in [-0.3, -0.25) is 9.59 Å². The summed E-state index contributed by atoms with van der Waals surface area (Å²) in [5.74, 6) is -1.17. The van der Waals surface area contributed by atoms with Crippen LogP contribution < -0.4 is 15.7 Å². The Morgan fingerprint density at radius 3 is 2.41 bits per heavy atom. The maximum atomic E-state index is 12.9. The Labute approximate surface area is 172 Å². The molecule has 2 aromatic rings. The van der Waals surface area contributed by atoms with Gasteiger partial charge in [0.25, 0.3) is 5.91 Å². The van der Waals surface area contributed by atoms with E-state index in [-0.39, 0.29) is 17.7 Å². The topological polar surface area (TPSA) is 52.7 Å². The monoisotopic (exact) mass is 385 g/mol. The lowest BCUT2D eigenvalue weighted by atomic mass is 9.95. The van der Waals surface area contributed by atoms with Gasteiger partial charge in [-0.15, -0.1) is 0 Å². The van der Waals surface area contributed by atoms with E-state index >= 15 is 0 Å². The second-order valence-electron chi connectivity index (χ2n) is 7.64. The predicted octanol–water partition coefficient (Wildman–Crippen LogP) is 1.35. The van der Waals surface area contributed by atoms with Gasteiger partial charge in [0.15, 0.2) is 0 Å². The van der Waals surface area contributed by atoms with Crippen LogP contribution in [0.15, 0.2) is 60.7 Å². The Morgan fingerprint density at radius 2 is 1.72 bits per heavy atom. The number of amides is 1. The SMILES string of the molecule is [B]c1cccc(N2CCN(C(=O)C(=O)C3C=C(c4ccccc4)NC3C)CC2)c1. The molecule has 29 heavy (non-hydrogen) atoms. The molecule has 2 aromatic carbocycles. The molecule has 0 saturated carbocycles. The minimum atomic E-state index is -0.440. The third-order valence-corrected chi connectivity index (χ3v) is 5.67. The van der Waals surface area contributed by atoms with Crippen LogP contribution in [0, 0.1) is 5.92 Å². The average Bonchev–Trinajstić information content (AvgIpc) is 3.15. The van der Waals surface area contributed by atoms with Crippen molar-refractivity contribution in [3.8, 4) is 0 Å². The fraction of sp³-hybridized carbons (Fsp3) is 0.304. The molecule has 1 amide bonds. The van der Waals surface area contributed by atoms with Crippen molar-refractivity contribution in [3.63, 3.8) is 0 Å². The highest BCUT2D eigenvalue weighted by Crippen LogP contribution is 2.25. The van der Waals surface area contributed by atoms with E-state index < -0.39 is 5.92 Å². The molecule has 2 atom stereocenters. The first-order valence-corrected chi connectivity index (χ1v) is 10.0. The number of hydrogen-bond acceptors (Lipinski definition) is 4. The van der Waals surface area contributed by atoms with Gasteiger partial charge < -0.3 is 15.1 Å². The summed E-state index contributed by atoms with van der Waals surface area (Å²) in [7, 11) is 5.87. The molecular formula is C23H24BN3O2. The molecule has 2 aliphatic heterocycles. The van der Waals surface area contributed by atoms with Crippen LogP contribution in [0.5, 0.6) is 0 Å². The Hall–Kier alpha value is -3.02. The standard InChI is InChI=1S/C23H24BN3O2/c1-16-20(15-21(25-16)17-6-3-2-4-7-17)22(28)23(29)27-12-10-26(11-13-27)19-9-5-8-18(24)14-19/h2-9,14-16,20,25H,10-13H2,1H3. The summed E-state index contributed by atoms with van der Waals surface area (Å²) in [5.41, 5.74) is 3.71. The van der Waals surface area contributed by atoms with Crippen LogP contribution >= 0.6 is 0 Å². The number of rotatable bonds is 4. The summed E-state index contributed by atoms with van der Waals surface area (Å²) in [6.45, 7) is 4.38. The van der Waals surface area contributed by atoms with Gasteiger partial charge in [-0.25, -0.2) is 0 Å². The van der Waals surface area contributed by atoms with E-state index in [4.69, 9.17) is 7.85 Å². The smallest absolute Gasteiger partial charge is 0.290 e. The quantitative estimate of drug-likeness (QED) is 0.638. The minimum absolute atomic E-state index is 0.102. The summed E-state index contributed by atoms with van der Waals surface area (Å²) < 4.78 is 0. The molecule has 2 heterocycles. The van der Waals surface area contributed by atoms with Gasteiger partial charge >= 0.3 is 0 Å². The summed E-state index contributed by atoms with van der Waals surface area (Å²) in [6, 6.07) is 17.5. The van der Waals surface area contributed by atoms with E-state index in [0.717, 1.165) is 22.4 Å². The zero-order valence-electron chi connectivity index (χ0n) is 16.5. The fourth-order valence-electron chi connectivity index (χ4n) is 3.99. The van der Waals surface area contributed by atoms with Gasteiger partial charge in [-0.1, -0.05) is 47.9 Å². The van der Waals surface area contributed by atoms with Crippen molar-refractivity contribution in [3.05, 3.63) is 66.2 Å². The van der Waals surface area contributed by atoms with E-state index in [9.17, 15) is 9.59 Å². The number of ketones is 1. The number of piperazine rings is 1. The van der Waals surface area contributed by atoms with E-state index in [1.807, 2.05) is 67.6 Å². The van der Waals surface area contributed by atoms with Crippen LogP contribution in [-0.2, 0) is 9.59 Å². The predicted molar refractivity (Wildman–Crippen MR) is 116 cm³/mol. The highest BCUT2D eigenvalue weighted by molar-refractivity contribution is 6.37. The molecule has 5 nitrogen and oxygen atoms in total. The first-order valence-electron chi connectivity index (χ1n) is 10.0. The fourth-order valence-corrected chi connectivity index (χ4v) is 3.99. The van der Waals surface area contributed by atoms with Gasteiger partial charge in [-0.05, 0) is 30.7 Å². The third kappa shape index (κ3) is 4.06. The van der Waals surface area contributed by atoms with Crippen LogP contribution in [0.25, 0.3) is 5.70 Å². The molecule has 0 aromatic heterocycles. The Bertz CT molecular complexity index is 936. The lowest BCUT2D eigenvalue weighted by Crippen LogP contribution is -2.52. The molecule has 4 rings (SSSR count). The lowest BCUT2D eigenvalue weighted by Gasteiger charge is -2.36. The van der Waals surface area contributed by atoms with Crippen LogP contribution in [0.1, 0.15) is 12.5 Å². The molecule has 2 unspecified atom stereocenters. The molecule has 1 saturated heterocycles. The third-order valence-electron chi connectivity index (χ3n) is 5.67. The van der Waals surface area contributed by atoms with Crippen molar-refractivity contribution in [1.82, 2.24) is 10.2 Å². The highest BCUT2D eigenvalue weighted by atomic mass is 16.2. The van der Waals surface area contributed by atoms with Gasteiger partial charge in [0.2, 0.25) is 5.78 Å². The number of carbonyl (C=O) groups excluding carboxylic acids is 2. The van der Waals surface area contributed by atoms with Crippen molar-refractivity contribution in [2.24, 2.45) is 5.92 Å². The molecule has 0 aliphatic carbocycles. The summed E-state index contributed by atoms with van der Waals surface area (Å²) >= 11 is 0. The number of benzene rings is 2. The van der Waals surface area contributed by atoms with E-state index in [1.54, 1.807) is 4.90 Å². The molecular weight excluding hydrogens is 361 g/mol. The van der Waals surface area contributed by atoms with Gasteiger partial charge in [0.05, 0.1) is 5.92 Å². The maximum Gasteiger partial charge on any atom is 0.290 e. The number of hydrogen-bond donors (Lipinski definition) is 1. The van der Waals surface area contributed by atoms with Crippen molar-refractivity contribution >= 4 is 36.4 Å². The molecule has 0 bridgehead atoms. The Kier molecular flexibility index (Phi) is 5.43. The minimum Gasteiger partial charge on any atom is -0.381 e. The molecule has 2 aliphatic rings. The maximum absolute atomic E-state index is 12.9. The van der Waals surface area contributed by atoms with Crippen LogP contribution in [0.3, 0.4) is 0 Å². The zero-order chi connectivity index (χ0) is 20.4. The lowest BCUT2D eigenvalue weighted by molar-refractivity contribution is -0.146. The van der Waals surface area contributed by atoms with Crippen LogP contribution in [-0.4, -0.2) is 56.7 Å². The average molecular weight is 385 g/mol. The molecule has 6 heteroatoms. The molecule has 146 valence electrons. The summed E-state index contributed by atoms with van der Waals surface area (Å²) in [5, 5.41) is 3.34. The van der Waals surface area contributed by atoms with Crippen molar-refractivity contribution in [1.29, 1.82) is 0 Å². The number of Topliss-reactive ketones (excluding diaryl/α,β-unsaturated/α-hetero) is 1. The Morgan fingerprint density at radius 1 is 1.00 bits per heavy atom. The Balaban J connectivity index is 1.40. The first-order chi connectivity index (χ1) is 14.0. The number of anilines is 1. The zero-order valence-corrected chi connectivity index (χ0v) is 16.5. The van der Waals surface area contributed by atoms with Crippen LogP contribution in [0.4, 0.5) is 5.69 Å². The van der Waals surface area contributed by atoms with Crippen molar-refractivity contribution in [2.75, 3.05) is 31.1 Å². The summed E-state index contributed by atoms with van der Waals surface area (Å²) in [6.07, 6.45) is 1.89. The highest BCUT2D eigenvalue weighted by Gasteiger charge is 2.36. The van der Waals surface area contributed by atoms with Gasteiger partial charge in [-0.2, -0.15) is 0 Å². The van der Waals surface area contributed by atoms with Crippen molar-refractivity contribution in [2.45, 2.75) is 13.0 Å². The molecule has 2 radical (unpaired) electrons. The largest absolute Gasteiger partial charge is 0.381 e. The number of nitrogens with one attached hydrogen (secondary N) is 1.